The molecule has 1 nitrogen and oxygen atoms in total. The molecule has 0 unspecified atom stereocenters. The van der Waals surface area contributed by atoms with Gasteiger partial charge in [0, 0.05) is 16.7 Å². The van der Waals surface area contributed by atoms with E-state index < -0.39 is 0 Å². The van der Waals surface area contributed by atoms with Gasteiger partial charge >= 0.3 is 0 Å². The summed E-state index contributed by atoms with van der Waals surface area (Å²) in [6.45, 7) is 0. The molecule has 0 amide bonds. The van der Waals surface area contributed by atoms with Gasteiger partial charge in [-0.05, 0) is 12.5 Å². The normalized spacial score (nSPS) is 8.55. The second-order valence-corrected chi connectivity index (χ2v) is 3.11. The van der Waals surface area contributed by atoms with E-state index in [9.17, 15) is 0 Å². The third-order valence-corrected chi connectivity index (χ3v) is 2.30. The number of terminal acetylenes is 1. The van der Waals surface area contributed by atoms with Gasteiger partial charge in [0.2, 0.25) is 0 Å². The predicted molar refractivity (Wildman–Crippen MR) is 46.2 cm³/mol. The van der Waals surface area contributed by atoms with E-state index in [0.29, 0.717) is 0 Å². The second-order valence-electron chi connectivity index (χ2n) is 2.12. The molecule has 0 aliphatic rings. The summed E-state index contributed by atoms with van der Waals surface area (Å²) in [5, 5.41) is 10.3. The maximum atomic E-state index is 8.49. The predicted octanol–water partition coefficient (Wildman–Crippen LogP) is 2.19. The molecule has 0 aliphatic heterocycles. The average Bonchev–Trinajstić information content (AvgIpc) is 2.48. The molecule has 0 aromatic carbocycles. The van der Waals surface area contributed by atoms with Crippen LogP contribution in [0.2, 0.25) is 0 Å². The summed E-state index contributed by atoms with van der Waals surface area (Å²) >= 11 is 1.60. The minimum absolute atomic E-state index is 0.738. The average molecular weight is 161 g/mol. The van der Waals surface area contributed by atoms with Gasteiger partial charge in [-0.1, -0.05) is 0 Å². The fraction of sp³-hybridized carbons (Fsp3) is 0.222. The van der Waals surface area contributed by atoms with Gasteiger partial charge in [0.1, 0.15) is 0 Å². The van der Waals surface area contributed by atoms with Crippen molar-refractivity contribution in [3.63, 3.8) is 0 Å². The minimum Gasteiger partial charge on any atom is -0.192 e. The Morgan fingerprint density at radius 2 is 2.45 bits per heavy atom. The molecule has 2 heteroatoms. The van der Waals surface area contributed by atoms with Crippen LogP contribution in [0.5, 0.6) is 0 Å². The van der Waals surface area contributed by atoms with E-state index in [1.54, 1.807) is 11.3 Å². The van der Waals surface area contributed by atoms with Crippen LogP contribution in [0.25, 0.3) is 0 Å². The van der Waals surface area contributed by atoms with Crippen LogP contribution in [0, 0.1) is 23.7 Å². The van der Waals surface area contributed by atoms with Crippen LogP contribution >= 0.6 is 11.3 Å². The summed E-state index contributed by atoms with van der Waals surface area (Å²) in [4.78, 5) is 1.19. The molecule has 11 heavy (non-hydrogen) atoms. The summed E-state index contributed by atoms with van der Waals surface area (Å²) in [7, 11) is 0. The number of nitriles is 1. The Morgan fingerprint density at radius 1 is 1.64 bits per heavy atom. The van der Waals surface area contributed by atoms with E-state index in [1.165, 1.54) is 4.88 Å². The summed E-state index contributed by atoms with van der Waals surface area (Å²) in [5.41, 5.74) is 0.738. The lowest BCUT2D eigenvalue weighted by molar-refractivity contribution is 1.06. The van der Waals surface area contributed by atoms with Gasteiger partial charge in [-0.25, -0.2) is 0 Å². The Balaban J connectivity index is 2.62. The van der Waals surface area contributed by atoms with E-state index in [-0.39, 0.29) is 0 Å². The molecular weight excluding hydrogens is 154 g/mol. The van der Waals surface area contributed by atoms with Crippen LogP contribution in [-0.4, -0.2) is 0 Å². The number of rotatable bonds is 2. The highest BCUT2D eigenvalue weighted by atomic mass is 32.1. The van der Waals surface area contributed by atoms with Gasteiger partial charge in [-0.15, -0.1) is 23.7 Å². The van der Waals surface area contributed by atoms with Gasteiger partial charge in [-0.3, -0.25) is 0 Å². The van der Waals surface area contributed by atoms with Crippen molar-refractivity contribution in [3.8, 4) is 18.4 Å². The minimum atomic E-state index is 0.738. The smallest absolute Gasteiger partial charge is 0.1000 e. The summed E-state index contributed by atoms with van der Waals surface area (Å²) < 4.78 is 0. The fourth-order valence-corrected chi connectivity index (χ4v) is 1.58. The third kappa shape index (κ3) is 2.11. The number of nitrogens with zero attached hydrogens (tertiary/aromatic N) is 1. The second kappa shape index (κ2) is 3.81. The van der Waals surface area contributed by atoms with Crippen molar-refractivity contribution < 1.29 is 0 Å². The number of thiophene rings is 1. The van der Waals surface area contributed by atoms with Crippen molar-refractivity contribution in [2.75, 3.05) is 0 Å². The lowest BCUT2D eigenvalue weighted by Gasteiger charge is -1.86. The maximum Gasteiger partial charge on any atom is 0.1000 e. The molecule has 0 saturated heterocycles. The van der Waals surface area contributed by atoms with Gasteiger partial charge in [0.25, 0.3) is 0 Å². The van der Waals surface area contributed by atoms with E-state index in [0.717, 1.165) is 18.4 Å². The first-order valence-corrected chi connectivity index (χ1v) is 4.15. The Morgan fingerprint density at radius 3 is 3.00 bits per heavy atom. The SMILES string of the molecule is C#CCCc1cc(C#N)cs1. The molecule has 0 saturated carbocycles. The lowest BCUT2D eigenvalue weighted by Crippen LogP contribution is -1.75. The molecule has 1 rings (SSSR count). The first kappa shape index (κ1) is 7.85. The van der Waals surface area contributed by atoms with Gasteiger partial charge in [0.05, 0.1) is 11.6 Å². The van der Waals surface area contributed by atoms with Gasteiger partial charge in [0.15, 0.2) is 0 Å². The van der Waals surface area contributed by atoms with Gasteiger partial charge in [-0.2, -0.15) is 5.26 Å². The van der Waals surface area contributed by atoms with Crippen LogP contribution in [-0.2, 0) is 6.42 Å². The van der Waals surface area contributed by atoms with Crippen LogP contribution in [0.3, 0.4) is 0 Å². The monoisotopic (exact) mass is 161 g/mol. The first-order chi connectivity index (χ1) is 5.36. The zero-order chi connectivity index (χ0) is 8.10. The summed E-state index contributed by atoms with van der Waals surface area (Å²) in [6.07, 6.45) is 6.75. The van der Waals surface area contributed by atoms with Crippen LogP contribution < -0.4 is 0 Å². The van der Waals surface area contributed by atoms with Crippen molar-refractivity contribution in [1.82, 2.24) is 0 Å². The quantitative estimate of drug-likeness (QED) is 0.610. The zero-order valence-electron chi connectivity index (χ0n) is 6.00. The summed E-state index contributed by atoms with van der Waals surface area (Å²) in [5.74, 6) is 2.57. The van der Waals surface area contributed by atoms with Crippen molar-refractivity contribution in [2.24, 2.45) is 0 Å². The number of aryl methyl sites for hydroxylation is 1. The van der Waals surface area contributed by atoms with Crippen LogP contribution in [0.4, 0.5) is 0 Å². The molecule has 1 aromatic rings. The van der Waals surface area contributed by atoms with Gasteiger partial charge < -0.3 is 0 Å². The molecular formula is C9H7NS. The molecule has 0 fully saturated rings. The molecule has 0 N–H and O–H groups in total. The fourth-order valence-electron chi connectivity index (χ4n) is 0.766. The molecule has 0 radical (unpaired) electrons. The lowest BCUT2D eigenvalue weighted by atomic mass is 10.2. The van der Waals surface area contributed by atoms with Crippen molar-refractivity contribution in [3.05, 3.63) is 21.9 Å². The van der Waals surface area contributed by atoms with E-state index >= 15 is 0 Å². The zero-order valence-corrected chi connectivity index (χ0v) is 6.82. The highest BCUT2D eigenvalue weighted by Gasteiger charge is 1.96. The Bertz CT molecular complexity index is 311. The van der Waals surface area contributed by atoms with Crippen molar-refractivity contribution >= 4 is 11.3 Å². The number of hydrogen-bond donors (Lipinski definition) is 0. The standard InChI is InChI=1S/C9H7NS/c1-2-3-4-9-5-8(6-10)7-11-9/h1,5,7H,3-4H2. The topological polar surface area (TPSA) is 23.8 Å². The van der Waals surface area contributed by atoms with Crippen molar-refractivity contribution in [2.45, 2.75) is 12.8 Å². The largest absolute Gasteiger partial charge is 0.192 e. The van der Waals surface area contributed by atoms with Crippen molar-refractivity contribution in [1.29, 1.82) is 5.26 Å². The Labute approximate surface area is 70.3 Å². The molecule has 1 aromatic heterocycles. The molecule has 54 valence electrons. The molecule has 0 atom stereocenters. The number of hydrogen-bond acceptors (Lipinski definition) is 2. The highest BCUT2D eigenvalue weighted by Crippen LogP contribution is 2.14. The molecule has 1 heterocycles. The molecule has 0 spiro atoms. The Hall–Kier alpha value is -1.25. The maximum absolute atomic E-state index is 8.49. The molecule has 0 aliphatic carbocycles. The molecule has 0 bridgehead atoms. The van der Waals surface area contributed by atoms with Crippen LogP contribution in [0.15, 0.2) is 11.4 Å². The third-order valence-electron chi connectivity index (χ3n) is 1.30. The Kier molecular flexibility index (Phi) is 2.72. The summed E-state index contributed by atoms with van der Waals surface area (Å²) in [6, 6.07) is 3.97. The van der Waals surface area contributed by atoms with E-state index in [1.807, 2.05) is 11.4 Å². The van der Waals surface area contributed by atoms with E-state index in [2.05, 4.69) is 12.0 Å². The highest BCUT2D eigenvalue weighted by molar-refractivity contribution is 7.10. The van der Waals surface area contributed by atoms with Crippen LogP contribution in [0.1, 0.15) is 16.9 Å². The first-order valence-electron chi connectivity index (χ1n) is 3.28. The van der Waals surface area contributed by atoms with E-state index in [4.69, 9.17) is 11.7 Å².